The lowest BCUT2D eigenvalue weighted by atomic mass is 9.96. The topological polar surface area (TPSA) is 42.0 Å². The van der Waals surface area contributed by atoms with Crippen LogP contribution in [0.4, 0.5) is 5.82 Å². The number of pyridine rings is 1. The molecule has 84 valence electrons. The van der Waals surface area contributed by atoms with Crippen LogP contribution in [0.15, 0.2) is 29.6 Å². The fourth-order valence-corrected chi connectivity index (χ4v) is 1.91. The number of hydrogen-bond donors (Lipinski definition) is 1. The molecule has 4 heteroatoms. The number of Topliss-reactive ketones (excluding diaryl/α,β-unsaturated/α-hetero) is 1. The molecule has 0 spiro atoms. The van der Waals surface area contributed by atoms with Gasteiger partial charge in [0.05, 0.1) is 5.02 Å². The molecule has 0 amide bonds. The quantitative estimate of drug-likeness (QED) is 0.858. The summed E-state index contributed by atoms with van der Waals surface area (Å²) in [5.41, 5.74) is 1.74. The van der Waals surface area contributed by atoms with E-state index >= 15 is 0 Å². The van der Waals surface area contributed by atoms with Gasteiger partial charge in [-0.15, -0.1) is 0 Å². The number of halogens is 1. The van der Waals surface area contributed by atoms with Crippen molar-refractivity contribution in [1.29, 1.82) is 0 Å². The van der Waals surface area contributed by atoms with Crippen molar-refractivity contribution < 1.29 is 4.79 Å². The second-order valence-electron chi connectivity index (χ2n) is 3.84. The summed E-state index contributed by atoms with van der Waals surface area (Å²) in [6.45, 7) is 1.85. The number of nitrogens with one attached hydrogen (secondary N) is 1. The summed E-state index contributed by atoms with van der Waals surface area (Å²) in [7, 11) is 0. The summed E-state index contributed by atoms with van der Waals surface area (Å²) in [6.07, 6.45) is 4.09. The Hall–Kier alpha value is -1.35. The number of anilines is 1. The van der Waals surface area contributed by atoms with Gasteiger partial charge in [-0.25, -0.2) is 4.98 Å². The minimum Gasteiger partial charge on any atom is -0.342 e. The molecule has 2 rings (SSSR count). The van der Waals surface area contributed by atoms with E-state index in [1.54, 1.807) is 18.3 Å². The minimum atomic E-state index is 0.209. The first-order valence-electron chi connectivity index (χ1n) is 5.29. The largest absolute Gasteiger partial charge is 0.342 e. The number of ketones is 1. The van der Waals surface area contributed by atoms with Crippen LogP contribution in [0.25, 0.3) is 0 Å². The van der Waals surface area contributed by atoms with Crippen molar-refractivity contribution in [2.45, 2.75) is 26.2 Å². The van der Waals surface area contributed by atoms with Crippen LogP contribution < -0.4 is 5.32 Å². The molecule has 0 unspecified atom stereocenters. The van der Waals surface area contributed by atoms with Crippen molar-refractivity contribution in [1.82, 2.24) is 4.98 Å². The second-order valence-corrected chi connectivity index (χ2v) is 4.25. The zero-order valence-electron chi connectivity index (χ0n) is 9.09. The van der Waals surface area contributed by atoms with Crippen molar-refractivity contribution >= 4 is 23.2 Å². The Morgan fingerprint density at radius 2 is 2.25 bits per heavy atom. The number of aromatic nitrogens is 1. The van der Waals surface area contributed by atoms with Gasteiger partial charge in [-0.3, -0.25) is 4.79 Å². The number of rotatable bonds is 2. The van der Waals surface area contributed by atoms with E-state index in [2.05, 4.69) is 10.3 Å². The summed E-state index contributed by atoms with van der Waals surface area (Å²) in [6, 6.07) is 3.55. The number of allylic oxidation sites excluding steroid dienone is 2. The Morgan fingerprint density at radius 3 is 3.00 bits per heavy atom. The molecular formula is C12H13ClN2O. The number of carbonyl (C=O) groups excluding carboxylic acids is 1. The number of hydrogen-bond acceptors (Lipinski definition) is 3. The van der Waals surface area contributed by atoms with Crippen LogP contribution in [0.1, 0.15) is 26.2 Å². The molecule has 0 aliphatic heterocycles. The lowest BCUT2D eigenvalue weighted by Crippen LogP contribution is -2.15. The Labute approximate surface area is 99.5 Å². The van der Waals surface area contributed by atoms with E-state index in [-0.39, 0.29) is 5.78 Å². The third kappa shape index (κ3) is 2.25. The summed E-state index contributed by atoms with van der Waals surface area (Å²) < 4.78 is 0. The van der Waals surface area contributed by atoms with Gasteiger partial charge in [-0.1, -0.05) is 11.6 Å². The molecule has 16 heavy (non-hydrogen) atoms. The fourth-order valence-electron chi connectivity index (χ4n) is 1.75. The molecule has 0 bridgehead atoms. The van der Waals surface area contributed by atoms with Gasteiger partial charge >= 0.3 is 0 Å². The van der Waals surface area contributed by atoms with E-state index < -0.39 is 0 Å². The Bertz CT molecular complexity index is 454. The van der Waals surface area contributed by atoms with Gasteiger partial charge in [-0.05, 0) is 31.9 Å². The molecule has 0 aromatic carbocycles. The predicted octanol–water partition coefficient (Wildman–Crippen LogP) is 3.17. The van der Waals surface area contributed by atoms with Gasteiger partial charge < -0.3 is 5.32 Å². The fraction of sp³-hybridized carbons (Fsp3) is 0.333. The average molecular weight is 237 g/mol. The maximum Gasteiger partial charge on any atom is 0.160 e. The molecule has 1 aliphatic carbocycles. The van der Waals surface area contributed by atoms with Crippen LogP contribution in [0.3, 0.4) is 0 Å². The van der Waals surface area contributed by atoms with Gasteiger partial charge in [0.15, 0.2) is 5.78 Å². The first-order valence-corrected chi connectivity index (χ1v) is 5.67. The SMILES string of the molecule is CC1=C(Nc2ncccc2Cl)CCCC1=O. The van der Waals surface area contributed by atoms with Gasteiger partial charge in [0.1, 0.15) is 5.82 Å². The highest BCUT2D eigenvalue weighted by Gasteiger charge is 2.17. The normalized spacial score (nSPS) is 16.5. The van der Waals surface area contributed by atoms with E-state index in [4.69, 9.17) is 11.6 Å². The molecule has 1 aromatic rings. The average Bonchev–Trinajstić information content (AvgIpc) is 2.28. The standard InChI is InChI=1S/C12H13ClN2O/c1-8-10(5-2-6-11(8)16)15-12-9(13)4-3-7-14-12/h3-4,7H,2,5-6H2,1H3,(H,14,15). The van der Waals surface area contributed by atoms with Gasteiger partial charge in [0.2, 0.25) is 0 Å². The second kappa shape index (κ2) is 4.66. The van der Waals surface area contributed by atoms with E-state index in [1.807, 2.05) is 6.92 Å². The van der Waals surface area contributed by atoms with Crippen LogP contribution in [-0.4, -0.2) is 10.8 Å². The highest BCUT2D eigenvalue weighted by atomic mass is 35.5. The van der Waals surface area contributed by atoms with Crippen LogP contribution in [-0.2, 0) is 4.79 Å². The third-order valence-corrected chi connectivity index (χ3v) is 3.03. The predicted molar refractivity (Wildman–Crippen MR) is 64.4 cm³/mol. The molecule has 0 atom stereocenters. The molecule has 1 N–H and O–H groups in total. The van der Waals surface area contributed by atoms with Crippen molar-refractivity contribution in [3.8, 4) is 0 Å². The molecule has 0 saturated heterocycles. The molecule has 3 nitrogen and oxygen atoms in total. The zero-order valence-corrected chi connectivity index (χ0v) is 9.84. The van der Waals surface area contributed by atoms with E-state index in [0.717, 1.165) is 24.1 Å². The summed E-state index contributed by atoms with van der Waals surface area (Å²) in [5, 5.41) is 3.72. The highest BCUT2D eigenvalue weighted by molar-refractivity contribution is 6.32. The number of nitrogens with zero attached hydrogens (tertiary/aromatic N) is 1. The third-order valence-electron chi connectivity index (χ3n) is 2.73. The molecule has 0 radical (unpaired) electrons. The Morgan fingerprint density at radius 1 is 1.44 bits per heavy atom. The monoisotopic (exact) mass is 236 g/mol. The van der Waals surface area contributed by atoms with Crippen LogP contribution in [0.5, 0.6) is 0 Å². The number of carbonyl (C=O) groups is 1. The van der Waals surface area contributed by atoms with Crippen molar-refractivity contribution in [3.05, 3.63) is 34.6 Å². The smallest absolute Gasteiger partial charge is 0.160 e. The van der Waals surface area contributed by atoms with Gasteiger partial charge in [0.25, 0.3) is 0 Å². The first-order chi connectivity index (χ1) is 7.68. The molecular weight excluding hydrogens is 224 g/mol. The molecule has 0 fully saturated rings. The Kier molecular flexibility index (Phi) is 3.25. The summed E-state index contributed by atoms with van der Waals surface area (Å²) in [4.78, 5) is 15.7. The maximum absolute atomic E-state index is 11.5. The molecule has 0 saturated carbocycles. The molecule has 1 aromatic heterocycles. The zero-order chi connectivity index (χ0) is 11.5. The van der Waals surface area contributed by atoms with Gasteiger partial charge in [-0.2, -0.15) is 0 Å². The summed E-state index contributed by atoms with van der Waals surface area (Å²) >= 11 is 6.00. The lowest BCUT2D eigenvalue weighted by molar-refractivity contribution is -0.116. The van der Waals surface area contributed by atoms with Crippen LogP contribution in [0.2, 0.25) is 5.02 Å². The Balaban J connectivity index is 2.25. The van der Waals surface area contributed by atoms with E-state index in [0.29, 0.717) is 17.3 Å². The van der Waals surface area contributed by atoms with Crippen LogP contribution >= 0.6 is 11.6 Å². The van der Waals surface area contributed by atoms with E-state index in [9.17, 15) is 4.79 Å². The van der Waals surface area contributed by atoms with Crippen molar-refractivity contribution in [2.24, 2.45) is 0 Å². The maximum atomic E-state index is 11.5. The summed E-state index contributed by atoms with van der Waals surface area (Å²) in [5.74, 6) is 0.828. The first kappa shape index (κ1) is 11.1. The van der Waals surface area contributed by atoms with E-state index in [1.165, 1.54) is 0 Å². The highest BCUT2D eigenvalue weighted by Crippen LogP contribution is 2.25. The molecule has 1 aliphatic rings. The van der Waals surface area contributed by atoms with Gasteiger partial charge in [0, 0.05) is 23.9 Å². The van der Waals surface area contributed by atoms with Crippen molar-refractivity contribution in [2.75, 3.05) is 5.32 Å². The molecule has 1 heterocycles. The minimum absolute atomic E-state index is 0.209. The van der Waals surface area contributed by atoms with Crippen molar-refractivity contribution in [3.63, 3.8) is 0 Å². The lowest BCUT2D eigenvalue weighted by Gasteiger charge is -2.18. The van der Waals surface area contributed by atoms with Crippen LogP contribution in [0, 0.1) is 0 Å².